The molecule has 3 aromatic rings. The lowest BCUT2D eigenvalue weighted by Crippen LogP contribution is -2.39. The topological polar surface area (TPSA) is 73.4 Å². The molecule has 152 valence electrons. The fraction of sp³-hybridized carbons (Fsp3) is 0.304. The molecule has 1 amide bonds. The third kappa shape index (κ3) is 4.49. The van der Waals surface area contributed by atoms with Crippen LogP contribution in [0, 0.1) is 5.41 Å². The van der Waals surface area contributed by atoms with Crippen LogP contribution < -0.4 is 10.5 Å². The number of nitrogens with two attached hydrogens (primary N) is 1. The van der Waals surface area contributed by atoms with Gasteiger partial charge >= 0.3 is 0 Å². The Morgan fingerprint density at radius 1 is 1.14 bits per heavy atom. The lowest BCUT2D eigenvalue weighted by Gasteiger charge is -2.29. The first-order valence-corrected chi connectivity index (χ1v) is 9.60. The van der Waals surface area contributed by atoms with Crippen molar-refractivity contribution in [1.29, 1.82) is 0 Å². The Kier molecular flexibility index (Phi) is 6.03. The Morgan fingerprint density at radius 2 is 1.79 bits per heavy atom. The summed E-state index contributed by atoms with van der Waals surface area (Å²) in [5, 5.41) is 4.74. The molecule has 6 nitrogen and oxygen atoms in total. The molecule has 0 aliphatic heterocycles. The summed E-state index contributed by atoms with van der Waals surface area (Å²) >= 11 is 0. The van der Waals surface area contributed by atoms with Crippen LogP contribution in [-0.4, -0.2) is 47.8 Å². The highest BCUT2D eigenvalue weighted by molar-refractivity contribution is 6.00. The van der Waals surface area contributed by atoms with Crippen LogP contribution in [0.3, 0.4) is 0 Å². The van der Waals surface area contributed by atoms with Gasteiger partial charge in [0.15, 0.2) is 0 Å². The quantitative estimate of drug-likeness (QED) is 0.667. The molecule has 0 radical (unpaired) electrons. The second-order valence-electron chi connectivity index (χ2n) is 7.90. The predicted molar refractivity (Wildman–Crippen MR) is 115 cm³/mol. The molecular weight excluding hydrogens is 364 g/mol. The molecule has 0 saturated carbocycles. The Morgan fingerprint density at radius 3 is 2.45 bits per heavy atom. The molecule has 0 unspecified atom stereocenters. The van der Waals surface area contributed by atoms with Crippen molar-refractivity contribution in [2.75, 3.05) is 27.2 Å². The van der Waals surface area contributed by atoms with Gasteiger partial charge in [-0.05, 0) is 36.2 Å². The van der Waals surface area contributed by atoms with E-state index in [1.807, 2.05) is 68.4 Å². The number of methoxy groups -OCH3 is 1. The van der Waals surface area contributed by atoms with Gasteiger partial charge < -0.3 is 15.4 Å². The lowest BCUT2D eigenvalue weighted by atomic mass is 9.93. The van der Waals surface area contributed by atoms with Gasteiger partial charge in [-0.1, -0.05) is 44.2 Å². The number of hydrogen-bond donors (Lipinski definition) is 1. The number of rotatable bonds is 7. The molecule has 1 aromatic heterocycles. The molecule has 0 fully saturated rings. The van der Waals surface area contributed by atoms with Crippen molar-refractivity contribution in [2.24, 2.45) is 11.1 Å². The summed E-state index contributed by atoms with van der Waals surface area (Å²) < 4.78 is 7.25. The smallest absolute Gasteiger partial charge is 0.257 e. The Bertz CT molecular complexity index is 980. The number of para-hydroxylation sites is 2. The molecule has 3 rings (SSSR count). The van der Waals surface area contributed by atoms with Crippen molar-refractivity contribution in [3.05, 3.63) is 66.4 Å². The van der Waals surface area contributed by atoms with Crippen molar-refractivity contribution in [1.82, 2.24) is 14.7 Å². The normalized spacial score (nSPS) is 11.3. The maximum Gasteiger partial charge on any atom is 0.257 e. The minimum absolute atomic E-state index is 0.102. The summed E-state index contributed by atoms with van der Waals surface area (Å²) in [6.07, 6.45) is 1.78. The molecule has 1 heterocycles. The van der Waals surface area contributed by atoms with Gasteiger partial charge in [-0.15, -0.1) is 0 Å². The van der Waals surface area contributed by atoms with Crippen LogP contribution in [0.5, 0.6) is 5.75 Å². The van der Waals surface area contributed by atoms with Crippen LogP contribution in [0.25, 0.3) is 16.9 Å². The van der Waals surface area contributed by atoms with Crippen LogP contribution >= 0.6 is 0 Å². The van der Waals surface area contributed by atoms with E-state index >= 15 is 0 Å². The number of carbonyl (C=O) groups excluding carboxylic acids is 1. The van der Waals surface area contributed by atoms with Crippen LogP contribution in [0.2, 0.25) is 0 Å². The van der Waals surface area contributed by atoms with Gasteiger partial charge in [0, 0.05) is 25.4 Å². The van der Waals surface area contributed by atoms with Gasteiger partial charge in [0.05, 0.1) is 18.4 Å². The van der Waals surface area contributed by atoms with E-state index in [1.165, 1.54) is 0 Å². The zero-order valence-electron chi connectivity index (χ0n) is 17.4. The molecule has 0 aliphatic carbocycles. The van der Waals surface area contributed by atoms with E-state index in [0.717, 1.165) is 11.3 Å². The van der Waals surface area contributed by atoms with Gasteiger partial charge in [0.1, 0.15) is 11.4 Å². The summed E-state index contributed by atoms with van der Waals surface area (Å²) in [5.41, 5.74) is 8.46. The van der Waals surface area contributed by atoms with E-state index < -0.39 is 0 Å². The second kappa shape index (κ2) is 8.49. The first-order valence-electron chi connectivity index (χ1n) is 9.60. The minimum Gasteiger partial charge on any atom is -0.496 e. The van der Waals surface area contributed by atoms with Crippen molar-refractivity contribution in [2.45, 2.75) is 13.8 Å². The van der Waals surface area contributed by atoms with Crippen molar-refractivity contribution >= 4 is 5.91 Å². The Labute approximate surface area is 171 Å². The first-order chi connectivity index (χ1) is 13.9. The number of nitrogens with zero attached hydrogens (tertiary/aromatic N) is 3. The van der Waals surface area contributed by atoms with E-state index in [0.29, 0.717) is 30.1 Å². The molecule has 0 spiro atoms. The Hall–Kier alpha value is -3.12. The fourth-order valence-electron chi connectivity index (χ4n) is 3.27. The van der Waals surface area contributed by atoms with E-state index in [-0.39, 0.29) is 11.3 Å². The summed E-state index contributed by atoms with van der Waals surface area (Å²) in [7, 11) is 3.41. The molecule has 29 heavy (non-hydrogen) atoms. The maximum atomic E-state index is 13.4. The van der Waals surface area contributed by atoms with Crippen molar-refractivity contribution in [3.8, 4) is 22.7 Å². The van der Waals surface area contributed by atoms with Gasteiger partial charge in [-0.2, -0.15) is 5.10 Å². The maximum absolute atomic E-state index is 13.4. The number of aromatic nitrogens is 2. The third-order valence-electron chi connectivity index (χ3n) is 4.89. The fourth-order valence-corrected chi connectivity index (χ4v) is 3.27. The summed E-state index contributed by atoms with van der Waals surface area (Å²) in [5.74, 6) is 0.569. The summed E-state index contributed by atoms with van der Waals surface area (Å²) in [6.45, 7) is 5.13. The van der Waals surface area contributed by atoms with Crippen LogP contribution in [-0.2, 0) is 0 Å². The first kappa shape index (κ1) is 20.6. The van der Waals surface area contributed by atoms with E-state index in [1.54, 1.807) is 29.9 Å². The van der Waals surface area contributed by atoms with E-state index in [2.05, 4.69) is 0 Å². The van der Waals surface area contributed by atoms with Crippen molar-refractivity contribution < 1.29 is 9.53 Å². The average Bonchev–Trinajstić information content (AvgIpc) is 3.18. The number of ether oxygens (including phenoxy) is 1. The third-order valence-corrected chi connectivity index (χ3v) is 4.89. The molecule has 0 saturated heterocycles. The standard InChI is InChI=1S/C23H28N4O2/c1-23(2,15-24)16-26(3)22(28)19-14-27(17-10-6-5-7-11-17)25-21(19)18-12-8-9-13-20(18)29-4/h5-14H,15-16,24H2,1-4H3. The van der Waals surface area contributed by atoms with Gasteiger partial charge in [-0.3, -0.25) is 4.79 Å². The summed E-state index contributed by atoms with van der Waals surface area (Å²) in [6, 6.07) is 17.3. The molecule has 0 atom stereocenters. The number of carbonyl (C=O) groups is 1. The van der Waals surface area contributed by atoms with Crippen LogP contribution in [0.4, 0.5) is 0 Å². The van der Waals surface area contributed by atoms with Gasteiger partial charge in [-0.25, -0.2) is 4.68 Å². The Balaban J connectivity index is 2.09. The highest BCUT2D eigenvalue weighted by Gasteiger charge is 2.27. The van der Waals surface area contributed by atoms with Gasteiger partial charge in [0.25, 0.3) is 5.91 Å². The summed E-state index contributed by atoms with van der Waals surface area (Å²) in [4.78, 5) is 15.1. The van der Waals surface area contributed by atoms with E-state index in [9.17, 15) is 4.79 Å². The predicted octanol–water partition coefficient (Wildman–Crippen LogP) is 3.60. The van der Waals surface area contributed by atoms with E-state index in [4.69, 9.17) is 15.6 Å². The molecule has 6 heteroatoms. The molecule has 2 aromatic carbocycles. The molecule has 0 aliphatic rings. The monoisotopic (exact) mass is 392 g/mol. The SMILES string of the molecule is COc1ccccc1-c1nn(-c2ccccc2)cc1C(=O)N(C)CC(C)(C)CN. The zero-order valence-corrected chi connectivity index (χ0v) is 17.4. The second-order valence-corrected chi connectivity index (χ2v) is 7.90. The number of amides is 1. The number of hydrogen-bond acceptors (Lipinski definition) is 4. The highest BCUT2D eigenvalue weighted by Crippen LogP contribution is 2.32. The molecular formula is C23H28N4O2. The van der Waals surface area contributed by atoms with Gasteiger partial charge in [0.2, 0.25) is 0 Å². The largest absolute Gasteiger partial charge is 0.496 e. The lowest BCUT2D eigenvalue weighted by molar-refractivity contribution is 0.0741. The molecule has 0 bridgehead atoms. The number of benzene rings is 2. The highest BCUT2D eigenvalue weighted by atomic mass is 16.5. The molecule has 2 N–H and O–H groups in total. The zero-order chi connectivity index (χ0) is 21.0. The minimum atomic E-state index is -0.176. The van der Waals surface area contributed by atoms with Crippen LogP contribution in [0.1, 0.15) is 24.2 Å². The van der Waals surface area contributed by atoms with Crippen LogP contribution in [0.15, 0.2) is 60.8 Å². The average molecular weight is 393 g/mol. The van der Waals surface area contributed by atoms with Crippen molar-refractivity contribution in [3.63, 3.8) is 0 Å².